The number of rotatable bonds is 9. The molecule has 0 radical (unpaired) electrons. The first-order chi connectivity index (χ1) is 14.5. The van der Waals surface area contributed by atoms with Crippen LogP contribution in [0.4, 0.5) is 11.4 Å². The lowest BCUT2D eigenvalue weighted by atomic mass is 10.1. The molecule has 2 rings (SSSR count). The molecular formula is C21H27N3O6S. The predicted molar refractivity (Wildman–Crippen MR) is 118 cm³/mol. The van der Waals surface area contributed by atoms with Gasteiger partial charge in [0.15, 0.2) is 5.78 Å². The highest BCUT2D eigenvalue weighted by atomic mass is 32.2. The fourth-order valence-electron chi connectivity index (χ4n) is 3.25. The van der Waals surface area contributed by atoms with E-state index >= 15 is 0 Å². The van der Waals surface area contributed by atoms with Gasteiger partial charge in [0, 0.05) is 18.3 Å². The molecule has 0 aliphatic rings. The monoisotopic (exact) mass is 449 g/mol. The van der Waals surface area contributed by atoms with E-state index in [0.29, 0.717) is 28.9 Å². The molecule has 0 saturated heterocycles. The van der Waals surface area contributed by atoms with Gasteiger partial charge >= 0.3 is 5.97 Å². The summed E-state index contributed by atoms with van der Waals surface area (Å²) >= 11 is 0. The number of nitrogens with one attached hydrogen (secondary N) is 3. The number of carbonyl (C=O) groups is 3. The van der Waals surface area contributed by atoms with Crippen molar-refractivity contribution in [1.29, 1.82) is 0 Å². The van der Waals surface area contributed by atoms with E-state index in [1.165, 1.54) is 14.0 Å². The van der Waals surface area contributed by atoms with Crippen LogP contribution in [0.3, 0.4) is 0 Å². The number of Topliss-reactive ketones (excluding diaryl/α,β-unsaturated/α-hetero) is 1. The Morgan fingerprint density at radius 1 is 1.10 bits per heavy atom. The summed E-state index contributed by atoms with van der Waals surface area (Å²) in [7, 11) is -2.26. The summed E-state index contributed by atoms with van der Waals surface area (Å²) < 4.78 is 31.5. The molecule has 1 amide bonds. The molecule has 0 atom stereocenters. The minimum absolute atomic E-state index is 0.00993. The number of aromatic nitrogens is 1. The highest BCUT2D eigenvalue weighted by Gasteiger charge is 2.24. The zero-order chi connectivity index (χ0) is 23.3. The molecule has 1 aromatic carbocycles. The molecule has 31 heavy (non-hydrogen) atoms. The third-order valence-electron chi connectivity index (χ3n) is 4.75. The number of amides is 1. The summed E-state index contributed by atoms with van der Waals surface area (Å²) in [6.07, 6.45) is 0.273. The normalized spacial score (nSPS) is 11.1. The fraction of sp³-hybridized carbons (Fsp3) is 0.381. The number of H-pyrrole nitrogens is 1. The Labute approximate surface area is 181 Å². The van der Waals surface area contributed by atoms with Gasteiger partial charge in [-0.3, -0.25) is 14.3 Å². The summed E-state index contributed by atoms with van der Waals surface area (Å²) in [5.41, 5.74) is 2.44. The second kappa shape index (κ2) is 9.78. The Morgan fingerprint density at radius 2 is 1.74 bits per heavy atom. The van der Waals surface area contributed by atoms with Gasteiger partial charge in [0.05, 0.1) is 36.2 Å². The molecule has 0 spiro atoms. The molecule has 2 aromatic rings. The number of hydrogen-bond acceptors (Lipinski definition) is 6. The van der Waals surface area contributed by atoms with Gasteiger partial charge in [-0.25, -0.2) is 13.2 Å². The molecule has 168 valence electrons. The molecule has 1 heterocycles. The average molecular weight is 450 g/mol. The van der Waals surface area contributed by atoms with E-state index in [1.54, 1.807) is 39.0 Å². The second-order valence-electron chi connectivity index (χ2n) is 7.15. The highest BCUT2D eigenvalue weighted by molar-refractivity contribution is 7.92. The highest BCUT2D eigenvalue weighted by Crippen LogP contribution is 2.25. The molecular weight excluding hydrogens is 422 g/mol. The van der Waals surface area contributed by atoms with Crippen molar-refractivity contribution in [2.45, 2.75) is 40.5 Å². The third kappa shape index (κ3) is 5.72. The molecule has 9 nitrogen and oxygen atoms in total. The van der Waals surface area contributed by atoms with Crippen LogP contribution in [0.1, 0.15) is 57.9 Å². The number of carbonyl (C=O) groups excluding carboxylic acids is 3. The van der Waals surface area contributed by atoms with E-state index in [1.807, 2.05) is 0 Å². The van der Waals surface area contributed by atoms with Gasteiger partial charge < -0.3 is 15.0 Å². The van der Waals surface area contributed by atoms with E-state index in [-0.39, 0.29) is 34.9 Å². The second-order valence-corrected chi connectivity index (χ2v) is 8.99. The van der Waals surface area contributed by atoms with Crippen LogP contribution in [0.25, 0.3) is 0 Å². The van der Waals surface area contributed by atoms with E-state index in [9.17, 15) is 22.8 Å². The quantitative estimate of drug-likeness (QED) is 0.398. The topological polar surface area (TPSA) is 134 Å². The van der Waals surface area contributed by atoms with Crippen LogP contribution >= 0.6 is 0 Å². The maximum absolute atomic E-state index is 12.7. The number of ketones is 1. The Bertz CT molecular complexity index is 1120. The number of hydrogen-bond donors (Lipinski definition) is 3. The Kier molecular flexibility index (Phi) is 7.61. The van der Waals surface area contributed by atoms with Crippen LogP contribution in [0.2, 0.25) is 0 Å². The molecule has 3 N–H and O–H groups in total. The standard InChI is InChI=1S/C21H27N3O6S/c1-6-10-31(28,29)24-16-9-7-8-15(12(16)2)22-18(26)11-17-19(21(27)30-5)13(3)20(23-17)14(4)25/h7-9,23-24H,6,10-11H2,1-5H3,(H,22,26). The number of methoxy groups -OCH3 is 1. The summed E-state index contributed by atoms with van der Waals surface area (Å²) in [4.78, 5) is 39.5. The zero-order valence-corrected chi connectivity index (χ0v) is 19.0. The van der Waals surface area contributed by atoms with Crippen molar-refractivity contribution < 1.29 is 27.5 Å². The number of benzene rings is 1. The Morgan fingerprint density at radius 3 is 2.32 bits per heavy atom. The average Bonchev–Trinajstić information content (AvgIpc) is 3.00. The number of esters is 1. The third-order valence-corrected chi connectivity index (χ3v) is 6.23. The van der Waals surface area contributed by atoms with Crippen LogP contribution in [0.5, 0.6) is 0 Å². The SMILES string of the molecule is CCCS(=O)(=O)Nc1cccc(NC(=O)Cc2[nH]c(C(C)=O)c(C)c2C(=O)OC)c1C. The smallest absolute Gasteiger partial charge is 0.339 e. The van der Waals surface area contributed by atoms with Crippen molar-refractivity contribution in [3.63, 3.8) is 0 Å². The van der Waals surface area contributed by atoms with Crippen molar-refractivity contribution in [2.75, 3.05) is 22.9 Å². The number of anilines is 2. The molecule has 0 aliphatic carbocycles. The van der Waals surface area contributed by atoms with Gasteiger partial charge in [-0.15, -0.1) is 0 Å². The maximum atomic E-state index is 12.7. The van der Waals surface area contributed by atoms with Crippen LogP contribution in [-0.4, -0.2) is 43.9 Å². The Balaban J connectivity index is 2.28. The van der Waals surface area contributed by atoms with Crippen molar-refractivity contribution in [1.82, 2.24) is 4.98 Å². The fourth-order valence-corrected chi connectivity index (χ4v) is 4.44. The number of aromatic amines is 1. The van der Waals surface area contributed by atoms with E-state index < -0.39 is 21.9 Å². The summed E-state index contributed by atoms with van der Waals surface area (Å²) in [5, 5.41) is 2.73. The van der Waals surface area contributed by atoms with Crippen LogP contribution in [0.15, 0.2) is 18.2 Å². The first-order valence-corrected chi connectivity index (χ1v) is 11.4. The van der Waals surface area contributed by atoms with Crippen molar-refractivity contribution in [3.05, 3.63) is 46.3 Å². The lowest BCUT2D eigenvalue weighted by Gasteiger charge is -2.14. The lowest BCUT2D eigenvalue weighted by molar-refractivity contribution is -0.115. The van der Waals surface area contributed by atoms with Crippen molar-refractivity contribution in [2.24, 2.45) is 0 Å². The van der Waals surface area contributed by atoms with Gasteiger partial charge in [-0.1, -0.05) is 13.0 Å². The van der Waals surface area contributed by atoms with E-state index in [2.05, 4.69) is 15.0 Å². The molecule has 0 unspecified atom stereocenters. The van der Waals surface area contributed by atoms with Crippen LogP contribution in [-0.2, 0) is 26.0 Å². The Hall–Kier alpha value is -3.14. The minimum atomic E-state index is -3.48. The molecule has 0 aliphatic heterocycles. The van der Waals surface area contributed by atoms with Gasteiger partial charge in [-0.2, -0.15) is 0 Å². The van der Waals surface area contributed by atoms with E-state index in [0.717, 1.165) is 0 Å². The lowest BCUT2D eigenvalue weighted by Crippen LogP contribution is -2.19. The van der Waals surface area contributed by atoms with Crippen LogP contribution in [0, 0.1) is 13.8 Å². The van der Waals surface area contributed by atoms with E-state index in [4.69, 9.17) is 4.74 Å². The molecule has 1 aromatic heterocycles. The maximum Gasteiger partial charge on any atom is 0.339 e. The van der Waals surface area contributed by atoms with Crippen molar-refractivity contribution in [3.8, 4) is 0 Å². The van der Waals surface area contributed by atoms with Gasteiger partial charge in [0.25, 0.3) is 0 Å². The molecule has 0 bridgehead atoms. The molecule has 0 fully saturated rings. The van der Waals surface area contributed by atoms with Gasteiger partial charge in [0.1, 0.15) is 0 Å². The summed E-state index contributed by atoms with van der Waals surface area (Å²) in [6, 6.07) is 4.88. The number of ether oxygens (including phenoxy) is 1. The largest absolute Gasteiger partial charge is 0.465 e. The summed E-state index contributed by atoms with van der Waals surface area (Å²) in [6.45, 7) is 6.42. The molecule has 0 saturated carbocycles. The van der Waals surface area contributed by atoms with Gasteiger partial charge in [0.2, 0.25) is 15.9 Å². The zero-order valence-electron chi connectivity index (χ0n) is 18.2. The van der Waals surface area contributed by atoms with Crippen LogP contribution < -0.4 is 10.0 Å². The first-order valence-electron chi connectivity index (χ1n) is 9.71. The molecule has 10 heteroatoms. The first kappa shape index (κ1) is 24.1. The van der Waals surface area contributed by atoms with Crippen molar-refractivity contribution >= 4 is 39.1 Å². The predicted octanol–water partition coefficient (Wildman–Crippen LogP) is 2.95. The minimum Gasteiger partial charge on any atom is -0.465 e. The summed E-state index contributed by atoms with van der Waals surface area (Å²) in [5.74, 6) is -1.37. The van der Waals surface area contributed by atoms with Gasteiger partial charge in [-0.05, 0) is 43.5 Å². The number of sulfonamides is 1.